The number of halogens is 4. The molecular weight excluding hydrogens is 484 g/mol. The highest BCUT2D eigenvalue weighted by atomic mass is 32.2. The van der Waals surface area contributed by atoms with E-state index in [1.165, 1.54) is 0 Å². The number of carbonyl (C=O) groups is 1. The van der Waals surface area contributed by atoms with E-state index in [9.17, 15) is 30.8 Å². The summed E-state index contributed by atoms with van der Waals surface area (Å²) in [5.41, 5.74) is 0. The summed E-state index contributed by atoms with van der Waals surface area (Å²) < 4.78 is 88.5. The molecule has 2 saturated heterocycles. The molecule has 0 bridgehead atoms. The van der Waals surface area contributed by atoms with Crippen molar-refractivity contribution in [1.29, 1.82) is 0 Å². The van der Waals surface area contributed by atoms with Crippen LogP contribution in [0.3, 0.4) is 0 Å². The van der Waals surface area contributed by atoms with Gasteiger partial charge in [0.2, 0.25) is 5.82 Å². The first-order valence-electron chi connectivity index (χ1n) is 10.5. The van der Waals surface area contributed by atoms with Crippen molar-refractivity contribution < 1.29 is 40.0 Å². The molecule has 9 nitrogen and oxygen atoms in total. The van der Waals surface area contributed by atoms with Gasteiger partial charge in [-0.2, -0.15) is 13.8 Å². The number of anilines is 1. The predicted molar refractivity (Wildman–Crippen MR) is 109 cm³/mol. The van der Waals surface area contributed by atoms with E-state index in [2.05, 4.69) is 10.1 Å². The zero-order valence-electron chi connectivity index (χ0n) is 18.3. The molecular formula is C20H22F4N4O5S. The van der Waals surface area contributed by atoms with Crippen LogP contribution in [0.25, 0.3) is 0 Å². The van der Waals surface area contributed by atoms with E-state index in [1.807, 2.05) is 0 Å². The third kappa shape index (κ3) is 4.81. The summed E-state index contributed by atoms with van der Waals surface area (Å²) in [7, 11) is -3.97. The first kappa shape index (κ1) is 24.2. The molecule has 0 N–H and O–H groups in total. The second-order valence-corrected chi connectivity index (χ2v) is 10.4. The number of sulfone groups is 1. The number of likely N-dealkylation sites (tertiary alicyclic amines) is 1. The van der Waals surface area contributed by atoms with Gasteiger partial charge < -0.3 is 19.1 Å². The third-order valence-electron chi connectivity index (χ3n) is 5.83. The van der Waals surface area contributed by atoms with Crippen molar-refractivity contribution in [2.24, 2.45) is 0 Å². The van der Waals surface area contributed by atoms with Crippen LogP contribution in [-0.2, 0) is 20.6 Å². The van der Waals surface area contributed by atoms with Crippen molar-refractivity contribution in [3.8, 4) is 5.75 Å². The fraction of sp³-hybridized carbons (Fsp3) is 0.550. The average molecular weight is 506 g/mol. The van der Waals surface area contributed by atoms with Gasteiger partial charge in [0.05, 0.1) is 0 Å². The number of piperidine rings is 1. The number of hydrogen-bond acceptors (Lipinski definition) is 8. The van der Waals surface area contributed by atoms with Crippen LogP contribution in [0.1, 0.15) is 32.0 Å². The van der Waals surface area contributed by atoms with Crippen molar-refractivity contribution in [3.05, 3.63) is 29.6 Å². The summed E-state index contributed by atoms with van der Waals surface area (Å²) in [6.07, 6.45) is 0.967. The van der Waals surface area contributed by atoms with E-state index in [1.54, 1.807) is 9.80 Å². The predicted octanol–water partition coefficient (Wildman–Crippen LogP) is 2.51. The molecule has 0 spiro atoms. The molecule has 0 aliphatic carbocycles. The molecule has 2 aromatic rings. The third-order valence-corrected chi connectivity index (χ3v) is 6.94. The number of nitrogens with zero attached hydrogens (tertiary/aromatic N) is 4. The second kappa shape index (κ2) is 8.71. The van der Waals surface area contributed by atoms with Gasteiger partial charge in [-0.1, -0.05) is 5.16 Å². The molecule has 4 rings (SSSR count). The van der Waals surface area contributed by atoms with Crippen LogP contribution >= 0.6 is 0 Å². The topological polar surface area (TPSA) is 106 Å². The Hall–Kier alpha value is -2.90. The first-order chi connectivity index (χ1) is 15.8. The van der Waals surface area contributed by atoms with Gasteiger partial charge in [0.25, 0.3) is 5.91 Å². The molecule has 0 saturated carbocycles. The van der Waals surface area contributed by atoms with Gasteiger partial charge in [-0.05, 0) is 18.9 Å². The number of aromatic nitrogens is 2. The molecule has 2 aliphatic heterocycles. The molecule has 3 heterocycles. The van der Waals surface area contributed by atoms with Gasteiger partial charge in [-0.15, -0.1) is 0 Å². The fourth-order valence-electron chi connectivity index (χ4n) is 4.08. The van der Waals surface area contributed by atoms with E-state index in [4.69, 9.17) is 9.26 Å². The van der Waals surface area contributed by atoms with Gasteiger partial charge in [-0.3, -0.25) is 4.79 Å². The highest BCUT2D eigenvalue weighted by Gasteiger charge is 2.40. The maximum absolute atomic E-state index is 14.3. The second-order valence-electron chi connectivity index (χ2n) is 8.42. The molecule has 2 fully saturated rings. The molecule has 186 valence electrons. The number of rotatable bonds is 6. The normalized spacial score (nSPS) is 20.3. The van der Waals surface area contributed by atoms with E-state index in [0.717, 1.165) is 6.26 Å². The van der Waals surface area contributed by atoms with Crippen LogP contribution in [-0.4, -0.2) is 67.4 Å². The lowest BCUT2D eigenvalue weighted by Crippen LogP contribution is -2.47. The minimum absolute atomic E-state index is 0.0148. The monoisotopic (exact) mass is 506 g/mol. The van der Waals surface area contributed by atoms with Gasteiger partial charge >= 0.3 is 11.9 Å². The highest BCUT2D eigenvalue weighted by Crippen LogP contribution is 2.31. The zero-order chi connectivity index (χ0) is 24.8. The van der Waals surface area contributed by atoms with Crippen LogP contribution in [0.2, 0.25) is 0 Å². The molecule has 1 aromatic carbocycles. The van der Waals surface area contributed by atoms with Gasteiger partial charge in [0.1, 0.15) is 10.7 Å². The van der Waals surface area contributed by atoms with Crippen molar-refractivity contribution in [1.82, 2.24) is 15.0 Å². The molecule has 14 heteroatoms. The van der Waals surface area contributed by atoms with Crippen LogP contribution in [0.15, 0.2) is 21.6 Å². The quantitative estimate of drug-likeness (QED) is 0.551. The van der Waals surface area contributed by atoms with E-state index >= 15 is 0 Å². The first-order valence-corrected chi connectivity index (χ1v) is 12.4. The van der Waals surface area contributed by atoms with Crippen molar-refractivity contribution >= 4 is 21.8 Å². The number of alkyl halides is 2. The smallest absolute Gasteiger partial charge is 0.324 e. The van der Waals surface area contributed by atoms with Crippen LogP contribution in [0, 0.1) is 11.6 Å². The maximum atomic E-state index is 14.3. The molecule has 2 aliphatic rings. The van der Waals surface area contributed by atoms with Gasteiger partial charge in [0.15, 0.2) is 27.5 Å². The Labute approximate surface area is 192 Å². The number of hydrogen-bond donors (Lipinski definition) is 0. The number of benzene rings is 1. The average Bonchev–Trinajstić information content (AvgIpc) is 3.38. The van der Waals surface area contributed by atoms with Crippen molar-refractivity contribution in [2.45, 2.75) is 49.2 Å². The van der Waals surface area contributed by atoms with Crippen LogP contribution < -0.4 is 9.64 Å². The van der Waals surface area contributed by atoms with Crippen LogP contribution in [0.5, 0.6) is 5.75 Å². The van der Waals surface area contributed by atoms with Crippen molar-refractivity contribution in [2.75, 3.05) is 30.8 Å². The Morgan fingerprint density at radius 1 is 1.12 bits per heavy atom. The molecule has 34 heavy (non-hydrogen) atoms. The summed E-state index contributed by atoms with van der Waals surface area (Å²) in [6.45, 7) is 1.80. The number of carbonyl (C=O) groups excluding carboxylic acids is 1. The Kier molecular flexibility index (Phi) is 6.21. The maximum Gasteiger partial charge on any atom is 0.324 e. The highest BCUT2D eigenvalue weighted by molar-refractivity contribution is 7.90. The zero-order valence-corrected chi connectivity index (χ0v) is 19.1. The molecule has 1 aromatic heterocycles. The van der Waals surface area contributed by atoms with Gasteiger partial charge in [-0.25, -0.2) is 17.2 Å². The Bertz CT molecular complexity index is 1190. The summed E-state index contributed by atoms with van der Waals surface area (Å²) in [5, 5.41) is 3.30. The molecule has 0 unspecified atom stereocenters. The summed E-state index contributed by atoms with van der Waals surface area (Å²) in [5.74, 6) is -7.11. The lowest BCUT2D eigenvalue weighted by molar-refractivity contribution is -0.135. The largest absolute Gasteiger partial charge is 0.477 e. The lowest BCUT2D eigenvalue weighted by atomic mass is 10.0. The Balaban J connectivity index is 1.37. The van der Waals surface area contributed by atoms with E-state index < -0.39 is 55.9 Å². The number of amides is 1. The van der Waals surface area contributed by atoms with E-state index in [0.29, 0.717) is 51.5 Å². The van der Waals surface area contributed by atoms with Crippen molar-refractivity contribution in [3.63, 3.8) is 0 Å². The number of ether oxygens (including phenoxy) is 1. The summed E-state index contributed by atoms with van der Waals surface area (Å²) in [4.78, 5) is 19.0. The summed E-state index contributed by atoms with van der Waals surface area (Å²) in [6, 6.07) is 0.976. The fourth-order valence-corrected chi connectivity index (χ4v) is 4.81. The minimum Gasteiger partial charge on any atom is -0.477 e. The van der Waals surface area contributed by atoms with E-state index in [-0.39, 0.29) is 18.5 Å². The molecule has 0 radical (unpaired) electrons. The summed E-state index contributed by atoms with van der Waals surface area (Å²) >= 11 is 0. The standard InChI is InChI=1S/C20H22F4N4O5S/c1-20(23,24)18-25-19(33-26-18)27-6-3-11(4-7-27)28-8-5-14(17(28)29)32-15-9-13(22)16(10-12(15)21)34(2,30)31/h9-11,14H,3-8H2,1-2H3/t14-/m0/s1. The SMILES string of the molecule is CC(F)(F)c1noc(N2CCC(N3CC[C@H](Oc4cc(F)c(S(C)(=O)=O)cc4F)C3=O)CC2)n1. The Morgan fingerprint density at radius 2 is 1.79 bits per heavy atom. The molecule has 1 amide bonds. The van der Waals surface area contributed by atoms with Crippen LogP contribution in [0.4, 0.5) is 23.6 Å². The van der Waals surface area contributed by atoms with Gasteiger partial charge in [0, 0.05) is 51.3 Å². The molecule has 1 atom stereocenters. The minimum atomic E-state index is -3.97. The lowest BCUT2D eigenvalue weighted by Gasteiger charge is -2.35. The Morgan fingerprint density at radius 3 is 2.38 bits per heavy atom.